The van der Waals surface area contributed by atoms with Gasteiger partial charge in [0.25, 0.3) is 0 Å². The first-order chi connectivity index (χ1) is 14.3. The van der Waals surface area contributed by atoms with Crippen molar-refractivity contribution in [3.05, 3.63) is 47.5 Å². The van der Waals surface area contributed by atoms with Crippen molar-refractivity contribution in [3.8, 4) is 17.2 Å². The smallest absolute Gasteiger partial charge is 0.239 e. The molecule has 0 bridgehead atoms. The Morgan fingerprint density at radius 3 is 2.50 bits per heavy atom. The highest BCUT2D eigenvalue weighted by Gasteiger charge is 2.21. The van der Waals surface area contributed by atoms with Crippen molar-refractivity contribution in [2.24, 2.45) is 0 Å². The lowest BCUT2D eigenvalue weighted by Crippen LogP contribution is -2.24. The maximum Gasteiger partial charge on any atom is 0.239 e. The minimum Gasteiger partial charge on any atom is -0.496 e. The fraction of sp³-hybridized carbons (Fsp3) is 0.333. The summed E-state index contributed by atoms with van der Waals surface area (Å²) >= 11 is 0. The Hall–Kier alpha value is -3.07. The quantitative estimate of drug-likeness (QED) is 0.669. The molecule has 0 spiro atoms. The van der Waals surface area contributed by atoms with Crippen LogP contribution in [-0.4, -0.2) is 46.2 Å². The van der Waals surface area contributed by atoms with Gasteiger partial charge in [-0.05, 0) is 37.3 Å². The van der Waals surface area contributed by atoms with Crippen molar-refractivity contribution >= 4 is 27.2 Å². The van der Waals surface area contributed by atoms with E-state index in [9.17, 15) is 18.0 Å². The molecule has 2 aromatic carbocycles. The lowest BCUT2D eigenvalue weighted by Gasteiger charge is -2.12. The van der Waals surface area contributed by atoms with E-state index in [1.54, 1.807) is 30.3 Å². The molecule has 9 heteroatoms. The molecule has 0 saturated carbocycles. The number of carbonyl (C=O) groups excluding carboxylic acids is 2. The van der Waals surface area contributed by atoms with Gasteiger partial charge >= 0.3 is 0 Å². The predicted molar refractivity (Wildman–Crippen MR) is 111 cm³/mol. The van der Waals surface area contributed by atoms with Gasteiger partial charge in [-0.2, -0.15) is 0 Å². The van der Waals surface area contributed by atoms with Gasteiger partial charge < -0.3 is 19.5 Å². The number of fused-ring (bicyclic) bond motifs is 1. The second-order valence-electron chi connectivity index (χ2n) is 6.88. The normalized spacial score (nSPS) is 13.3. The van der Waals surface area contributed by atoms with E-state index in [0.29, 0.717) is 47.3 Å². The van der Waals surface area contributed by atoms with E-state index in [-0.39, 0.29) is 5.78 Å². The van der Waals surface area contributed by atoms with Crippen molar-refractivity contribution in [2.75, 3.05) is 31.4 Å². The van der Waals surface area contributed by atoms with Crippen molar-refractivity contribution in [1.29, 1.82) is 0 Å². The Labute approximate surface area is 175 Å². The van der Waals surface area contributed by atoms with Gasteiger partial charge in [0.1, 0.15) is 11.5 Å². The van der Waals surface area contributed by atoms with Gasteiger partial charge in [-0.1, -0.05) is 0 Å². The Kier molecular flexibility index (Phi) is 6.61. The molecular formula is C21H23NO7S. The van der Waals surface area contributed by atoms with Crippen LogP contribution in [0, 0.1) is 0 Å². The van der Waals surface area contributed by atoms with Crippen LogP contribution in [0.1, 0.15) is 29.3 Å². The molecule has 1 N–H and O–H groups in total. The van der Waals surface area contributed by atoms with Crippen LogP contribution in [0.5, 0.6) is 17.2 Å². The number of carbonyl (C=O) groups is 2. The molecule has 1 aliphatic rings. The Balaban J connectivity index is 1.70. The molecule has 0 radical (unpaired) electrons. The van der Waals surface area contributed by atoms with E-state index in [4.69, 9.17) is 14.2 Å². The fourth-order valence-corrected chi connectivity index (χ4v) is 4.31. The molecule has 0 aliphatic carbocycles. The van der Waals surface area contributed by atoms with E-state index >= 15 is 0 Å². The van der Waals surface area contributed by atoms with Crippen molar-refractivity contribution in [2.45, 2.75) is 19.1 Å². The van der Waals surface area contributed by atoms with Crippen LogP contribution in [0.15, 0.2) is 36.4 Å². The van der Waals surface area contributed by atoms with Crippen LogP contribution < -0.4 is 19.5 Å². The van der Waals surface area contributed by atoms with Gasteiger partial charge in [0.2, 0.25) is 5.91 Å². The number of anilines is 1. The highest BCUT2D eigenvalue weighted by Crippen LogP contribution is 2.32. The summed E-state index contributed by atoms with van der Waals surface area (Å²) < 4.78 is 41.5. The lowest BCUT2D eigenvalue weighted by molar-refractivity contribution is -0.113. The average Bonchev–Trinajstić information content (AvgIpc) is 2.92. The zero-order valence-electron chi connectivity index (χ0n) is 16.8. The average molecular weight is 433 g/mol. The zero-order chi connectivity index (χ0) is 21.7. The van der Waals surface area contributed by atoms with E-state index in [1.165, 1.54) is 20.1 Å². The van der Waals surface area contributed by atoms with Gasteiger partial charge in [0.05, 0.1) is 26.1 Å². The molecule has 0 saturated heterocycles. The van der Waals surface area contributed by atoms with Crippen LogP contribution in [0.25, 0.3) is 0 Å². The molecule has 0 aromatic heterocycles. The van der Waals surface area contributed by atoms with E-state index in [1.807, 2.05) is 0 Å². The maximum absolute atomic E-state index is 12.6. The Bertz CT molecular complexity index is 1060. The number of sulfone groups is 1. The number of methoxy groups -OCH3 is 1. The molecule has 8 nitrogen and oxygen atoms in total. The molecule has 1 heterocycles. The molecule has 0 unspecified atom stereocenters. The monoisotopic (exact) mass is 433 g/mol. The van der Waals surface area contributed by atoms with Crippen LogP contribution in [0.2, 0.25) is 0 Å². The van der Waals surface area contributed by atoms with Crippen LogP contribution in [-0.2, 0) is 20.4 Å². The number of nitrogens with one attached hydrogen (secondary N) is 1. The number of ether oxygens (including phenoxy) is 3. The zero-order valence-corrected chi connectivity index (χ0v) is 17.6. The van der Waals surface area contributed by atoms with E-state index < -0.39 is 27.3 Å². The number of hydrogen-bond acceptors (Lipinski definition) is 7. The highest BCUT2D eigenvalue weighted by atomic mass is 32.2. The predicted octanol–water partition coefficient (Wildman–Crippen LogP) is 2.61. The third-order valence-corrected chi connectivity index (χ3v) is 5.90. The minimum absolute atomic E-state index is 0.191. The molecule has 0 fully saturated rings. The second-order valence-corrected chi connectivity index (χ2v) is 8.94. The molecule has 160 valence electrons. The van der Waals surface area contributed by atoms with Gasteiger partial charge in [-0.25, -0.2) is 8.42 Å². The second kappa shape index (κ2) is 9.17. The molecule has 30 heavy (non-hydrogen) atoms. The summed E-state index contributed by atoms with van der Waals surface area (Å²) in [6.07, 6.45) is 0.753. The first kappa shape index (κ1) is 21.6. The lowest BCUT2D eigenvalue weighted by atomic mass is 10.1. The number of hydrogen-bond donors (Lipinski definition) is 1. The van der Waals surface area contributed by atoms with Crippen LogP contribution in [0.4, 0.5) is 5.69 Å². The highest BCUT2D eigenvalue weighted by molar-refractivity contribution is 7.91. The Morgan fingerprint density at radius 1 is 1.07 bits per heavy atom. The molecule has 1 aliphatic heterocycles. The molecule has 2 aromatic rings. The van der Waals surface area contributed by atoms with E-state index in [0.717, 1.165) is 6.42 Å². The summed E-state index contributed by atoms with van der Waals surface area (Å²) in [5.74, 6) is -0.586. The van der Waals surface area contributed by atoms with Crippen LogP contribution in [0.3, 0.4) is 0 Å². The molecule has 1 amide bonds. The fourth-order valence-electron chi connectivity index (χ4n) is 3.04. The van der Waals surface area contributed by atoms with Crippen molar-refractivity contribution in [1.82, 2.24) is 0 Å². The largest absolute Gasteiger partial charge is 0.496 e. The van der Waals surface area contributed by atoms with Gasteiger partial charge in [0.15, 0.2) is 27.1 Å². The topological polar surface area (TPSA) is 108 Å². The molecule has 0 atom stereocenters. The number of ketones is 1. The third-order valence-electron chi connectivity index (χ3n) is 4.44. The first-order valence-corrected chi connectivity index (χ1v) is 11.2. The Morgan fingerprint density at radius 2 is 1.80 bits per heavy atom. The summed E-state index contributed by atoms with van der Waals surface area (Å²) in [5.41, 5.74) is 1.11. The van der Waals surface area contributed by atoms with Gasteiger partial charge in [-0.15, -0.1) is 0 Å². The number of amides is 1. The summed E-state index contributed by atoms with van der Waals surface area (Å²) in [5, 5.41) is 2.57. The third kappa shape index (κ3) is 5.50. The number of rotatable bonds is 7. The molecule has 3 rings (SSSR count). The van der Waals surface area contributed by atoms with Gasteiger partial charge in [0, 0.05) is 29.3 Å². The summed E-state index contributed by atoms with van der Waals surface area (Å²) in [7, 11) is -2.40. The minimum atomic E-state index is -3.81. The summed E-state index contributed by atoms with van der Waals surface area (Å²) in [4.78, 5) is 23.9. The number of benzene rings is 2. The van der Waals surface area contributed by atoms with Crippen molar-refractivity contribution < 1.29 is 32.2 Å². The van der Waals surface area contributed by atoms with E-state index in [2.05, 4.69) is 5.32 Å². The van der Waals surface area contributed by atoms with Crippen molar-refractivity contribution in [3.63, 3.8) is 0 Å². The van der Waals surface area contributed by atoms with Gasteiger partial charge in [-0.3, -0.25) is 9.59 Å². The number of Topliss-reactive ketones (excluding diaryl/α,β-unsaturated/α-hetero) is 1. The summed E-state index contributed by atoms with van der Waals surface area (Å²) in [6.45, 7) is 2.44. The molecular weight excluding hydrogens is 410 g/mol. The standard InChI is InChI=1S/C21H23NO7S/c1-14(23)15-4-6-18(27-2)16(10-15)12-30(25,26)13-21(24)22-17-5-7-19-20(11-17)29-9-3-8-28-19/h4-7,10-11H,3,8-9,12-13H2,1-2H3,(H,22,24). The summed E-state index contributed by atoms with van der Waals surface area (Å²) in [6, 6.07) is 9.47. The maximum atomic E-state index is 12.6. The SMILES string of the molecule is COc1ccc(C(C)=O)cc1CS(=O)(=O)CC(=O)Nc1ccc2c(c1)OCCCO2. The van der Waals surface area contributed by atoms with Crippen LogP contribution >= 0.6 is 0 Å². The first-order valence-electron chi connectivity index (χ1n) is 9.35.